The second-order valence-electron chi connectivity index (χ2n) is 4.13. The summed E-state index contributed by atoms with van der Waals surface area (Å²) in [5.41, 5.74) is 6.90. The third kappa shape index (κ3) is 2.04. The zero-order valence-corrected chi connectivity index (χ0v) is 11.3. The molecule has 4 nitrogen and oxygen atoms in total. The molecular formula is C10H13BrN2O2S. The van der Waals surface area contributed by atoms with Crippen LogP contribution in [0.1, 0.15) is 6.92 Å². The van der Waals surface area contributed by atoms with Gasteiger partial charge >= 0.3 is 0 Å². The fraction of sp³-hybridized carbons (Fsp3) is 0.400. The number of halogens is 1. The van der Waals surface area contributed by atoms with Crippen LogP contribution in [0.5, 0.6) is 0 Å². The Morgan fingerprint density at radius 1 is 1.50 bits per heavy atom. The second-order valence-corrected chi connectivity index (χ2v) is 6.92. The predicted octanol–water partition coefficient (Wildman–Crippen LogP) is 1.82. The number of benzene rings is 1. The highest BCUT2D eigenvalue weighted by molar-refractivity contribution is 9.10. The molecule has 0 bridgehead atoms. The van der Waals surface area contributed by atoms with Crippen LogP contribution in [-0.4, -0.2) is 20.7 Å². The van der Waals surface area contributed by atoms with Crippen molar-refractivity contribution < 1.29 is 8.42 Å². The lowest BCUT2D eigenvalue weighted by atomic mass is 10.2. The van der Waals surface area contributed by atoms with Crippen LogP contribution >= 0.6 is 15.9 Å². The molecule has 0 saturated carbocycles. The smallest absolute Gasteiger partial charge is 0.235 e. The Bertz CT molecular complexity index is 516. The van der Waals surface area contributed by atoms with Gasteiger partial charge in [-0.1, -0.05) is 6.92 Å². The number of nitrogens with two attached hydrogens (primary N) is 1. The topological polar surface area (TPSA) is 63.4 Å². The lowest BCUT2D eigenvalue weighted by molar-refractivity contribution is 0.598. The summed E-state index contributed by atoms with van der Waals surface area (Å²) in [6.45, 7) is 2.47. The van der Waals surface area contributed by atoms with Crippen molar-refractivity contribution in [3.8, 4) is 0 Å². The van der Waals surface area contributed by atoms with Crippen LogP contribution in [0, 0.1) is 5.92 Å². The van der Waals surface area contributed by atoms with E-state index in [2.05, 4.69) is 15.9 Å². The monoisotopic (exact) mass is 304 g/mol. The molecule has 1 aliphatic heterocycles. The van der Waals surface area contributed by atoms with Gasteiger partial charge in [-0.2, -0.15) is 0 Å². The normalized spacial score (nSPS) is 23.6. The average Bonchev–Trinajstić information content (AvgIpc) is 2.39. The van der Waals surface area contributed by atoms with Crippen molar-refractivity contribution in [1.29, 1.82) is 0 Å². The van der Waals surface area contributed by atoms with Gasteiger partial charge in [0.25, 0.3) is 0 Å². The zero-order chi connectivity index (χ0) is 11.9. The summed E-state index contributed by atoms with van der Waals surface area (Å²) in [7, 11) is -3.16. The first-order valence-electron chi connectivity index (χ1n) is 4.95. The molecule has 0 spiro atoms. The van der Waals surface area contributed by atoms with Crippen LogP contribution < -0.4 is 10.0 Å². The van der Waals surface area contributed by atoms with Gasteiger partial charge in [-0.25, -0.2) is 8.42 Å². The van der Waals surface area contributed by atoms with Crippen molar-refractivity contribution >= 4 is 37.3 Å². The molecule has 6 heteroatoms. The van der Waals surface area contributed by atoms with Crippen LogP contribution in [-0.2, 0) is 10.0 Å². The zero-order valence-electron chi connectivity index (χ0n) is 8.85. The highest BCUT2D eigenvalue weighted by Crippen LogP contribution is 2.34. The van der Waals surface area contributed by atoms with E-state index >= 15 is 0 Å². The molecule has 1 aromatic rings. The molecule has 1 saturated heterocycles. The molecule has 1 atom stereocenters. The largest absolute Gasteiger partial charge is 0.399 e. The number of anilines is 2. The first-order chi connectivity index (χ1) is 7.40. The number of sulfonamides is 1. The van der Waals surface area contributed by atoms with Gasteiger partial charge in [-0.15, -0.1) is 0 Å². The Morgan fingerprint density at radius 3 is 2.69 bits per heavy atom. The Balaban J connectivity index is 2.45. The van der Waals surface area contributed by atoms with E-state index in [4.69, 9.17) is 5.73 Å². The van der Waals surface area contributed by atoms with E-state index < -0.39 is 10.0 Å². The minimum Gasteiger partial charge on any atom is -0.399 e. The van der Waals surface area contributed by atoms with Gasteiger partial charge in [-0.05, 0) is 40.0 Å². The second kappa shape index (κ2) is 3.92. The summed E-state index contributed by atoms with van der Waals surface area (Å²) in [5.74, 6) is 0.374. The van der Waals surface area contributed by atoms with Crippen molar-refractivity contribution in [3.63, 3.8) is 0 Å². The molecule has 1 aromatic carbocycles. The minimum absolute atomic E-state index is 0.162. The van der Waals surface area contributed by atoms with Gasteiger partial charge in [0.05, 0.1) is 11.4 Å². The molecule has 16 heavy (non-hydrogen) atoms. The van der Waals surface area contributed by atoms with E-state index in [-0.39, 0.29) is 11.7 Å². The highest BCUT2D eigenvalue weighted by Gasteiger charge is 2.34. The van der Waals surface area contributed by atoms with E-state index in [1.165, 1.54) is 4.31 Å². The summed E-state index contributed by atoms with van der Waals surface area (Å²) >= 11 is 3.34. The van der Waals surface area contributed by atoms with Crippen molar-refractivity contribution in [2.24, 2.45) is 5.92 Å². The molecule has 0 amide bonds. The van der Waals surface area contributed by atoms with Gasteiger partial charge < -0.3 is 5.73 Å². The maximum atomic E-state index is 11.9. The van der Waals surface area contributed by atoms with E-state index in [9.17, 15) is 8.42 Å². The average molecular weight is 305 g/mol. The first kappa shape index (κ1) is 11.7. The van der Waals surface area contributed by atoms with E-state index in [0.29, 0.717) is 22.4 Å². The number of hydrogen-bond donors (Lipinski definition) is 1. The third-order valence-electron chi connectivity index (χ3n) is 2.55. The summed E-state index contributed by atoms with van der Waals surface area (Å²) < 4.78 is 25.9. The van der Waals surface area contributed by atoms with Crippen molar-refractivity contribution in [1.82, 2.24) is 0 Å². The van der Waals surface area contributed by atoms with Crippen LogP contribution in [0.2, 0.25) is 0 Å². The summed E-state index contributed by atoms with van der Waals surface area (Å²) in [6.07, 6.45) is 0. The molecule has 2 rings (SSSR count). The van der Waals surface area contributed by atoms with E-state index in [0.717, 1.165) is 0 Å². The molecule has 1 unspecified atom stereocenters. The summed E-state index contributed by atoms with van der Waals surface area (Å²) in [5, 5.41) is 0. The number of nitrogen functional groups attached to an aromatic ring is 1. The summed E-state index contributed by atoms with van der Waals surface area (Å²) in [6, 6.07) is 5.15. The molecule has 1 aliphatic rings. The molecule has 0 aromatic heterocycles. The van der Waals surface area contributed by atoms with Gasteiger partial charge in [0, 0.05) is 16.7 Å². The molecule has 0 radical (unpaired) electrons. The first-order valence-corrected chi connectivity index (χ1v) is 7.36. The SMILES string of the molecule is CC1CN(c2ccc(N)cc2Br)S(=O)(=O)C1. The maximum absolute atomic E-state index is 11.9. The van der Waals surface area contributed by atoms with Crippen molar-refractivity contribution in [2.45, 2.75) is 6.92 Å². The van der Waals surface area contributed by atoms with Crippen LogP contribution in [0.4, 0.5) is 11.4 Å². The lowest BCUT2D eigenvalue weighted by Crippen LogP contribution is -2.25. The Hall–Kier alpha value is -0.750. The van der Waals surface area contributed by atoms with Gasteiger partial charge in [0.1, 0.15) is 0 Å². The van der Waals surface area contributed by atoms with Crippen LogP contribution in [0.15, 0.2) is 22.7 Å². The minimum atomic E-state index is -3.16. The third-order valence-corrected chi connectivity index (χ3v) is 5.19. The maximum Gasteiger partial charge on any atom is 0.235 e. The fourth-order valence-corrected chi connectivity index (χ4v) is 4.55. The number of nitrogens with zero attached hydrogens (tertiary/aromatic N) is 1. The summed E-state index contributed by atoms with van der Waals surface area (Å²) in [4.78, 5) is 0. The Kier molecular flexibility index (Phi) is 2.88. The highest BCUT2D eigenvalue weighted by atomic mass is 79.9. The van der Waals surface area contributed by atoms with Gasteiger partial charge in [0.15, 0.2) is 0 Å². The molecule has 2 N–H and O–H groups in total. The van der Waals surface area contributed by atoms with Crippen molar-refractivity contribution in [2.75, 3.05) is 22.3 Å². The van der Waals surface area contributed by atoms with Crippen LogP contribution in [0.25, 0.3) is 0 Å². The number of hydrogen-bond acceptors (Lipinski definition) is 3. The predicted molar refractivity (Wildman–Crippen MR) is 68.9 cm³/mol. The lowest BCUT2D eigenvalue weighted by Gasteiger charge is -2.18. The van der Waals surface area contributed by atoms with E-state index in [1.807, 2.05) is 6.92 Å². The van der Waals surface area contributed by atoms with Gasteiger partial charge in [0.2, 0.25) is 10.0 Å². The fourth-order valence-electron chi connectivity index (χ4n) is 1.87. The quantitative estimate of drug-likeness (QED) is 0.805. The molecule has 1 heterocycles. The Morgan fingerprint density at radius 2 is 2.19 bits per heavy atom. The standard InChI is InChI=1S/C10H13BrN2O2S/c1-7-5-13(16(14,15)6-7)10-3-2-8(12)4-9(10)11/h2-4,7H,5-6,12H2,1H3. The number of rotatable bonds is 1. The van der Waals surface area contributed by atoms with Crippen molar-refractivity contribution in [3.05, 3.63) is 22.7 Å². The molecule has 0 aliphatic carbocycles. The molecule has 1 fully saturated rings. The molecular weight excluding hydrogens is 292 g/mol. The Labute approximate surface area is 104 Å². The van der Waals surface area contributed by atoms with Crippen LogP contribution in [0.3, 0.4) is 0 Å². The molecule has 88 valence electrons. The van der Waals surface area contributed by atoms with Gasteiger partial charge in [-0.3, -0.25) is 4.31 Å². The van der Waals surface area contributed by atoms with E-state index in [1.54, 1.807) is 18.2 Å².